The predicted molar refractivity (Wildman–Crippen MR) is 104 cm³/mol. The van der Waals surface area contributed by atoms with Crippen LogP contribution in [0.25, 0.3) is 0 Å². The Balaban J connectivity index is 2.20. The van der Waals surface area contributed by atoms with Crippen molar-refractivity contribution in [1.29, 1.82) is 0 Å². The van der Waals surface area contributed by atoms with Gasteiger partial charge < -0.3 is 10.1 Å². The van der Waals surface area contributed by atoms with Crippen molar-refractivity contribution in [2.24, 2.45) is 0 Å². The minimum Gasteiger partial charge on any atom is -0.467 e. The maximum atomic E-state index is 12.6. The number of esters is 1. The summed E-state index contributed by atoms with van der Waals surface area (Å²) in [5.41, 5.74) is 0.929. The normalized spacial score (nSPS) is 11.9. The Morgan fingerprint density at radius 1 is 1.14 bits per heavy atom. The first kappa shape index (κ1) is 21.2. The van der Waals surface area contributed by atoms with E-state index < -0.39 is 27.9 Å². The molecule has 0 aliphatic heterocycles. The van der Waals surface area contributed by atoms with Gasteiger partial charge in [-0.15, -0.1) is 6.42 Å². The van der Waals surface area contributed by atoms with E-state index >= 15 is 0 Å². The van der Waals surface area contributed by atoms with Gasteiger partial charge in [-0.3, -0.25) is 4.79 Å². The molecular formula is C20H20N2O5S. The van der Waals surface area contributed by atoms with Gasteiger partial charge in [0.1, 0.15) is 6.04 Å². The molecule has 2 rings (SSSR count). The third-order valence-electron chi connectivity index (χ3n) is 3.84. The molecule has 0 saturated carbocycles. The molecule has 0 heterocycles. The van der Waals surface area contributed by atoms with E-state index in [-0.39, 0.29) is 23.4 Å². The maximum Gasteiger partial charge on any atom is 0.328 e. The van der Waals surface area contributed by atoms with Crippen LogP contribution in [0, 0.1) is 12.3 Å². The molecule has 7 nitrogen and oxygen atoms in total. The number of carbonyl (C=O) groups is 2. The molecule has 0 saturated heterocycles. The van der Waals surface area contributed by atoms with Crippen molar-refractivity contribution < 1.29 is 22.7 Å². The molecule has 28 heavy (non-hydrogen) atoms. The number of carbonyl (C=O) groups excluding carboxylic acids is 2. The lowest BCUT2D eigenvalue weighted by Crippen LogP contribution is -2.43. The summed E-state index contributed by atoms with van der Waals surface area (Å²) in [5.74, 6) is 0.981. The zero-order chi connectivity index (χ0) is 20.6. The number of hydrogen-bond acceptors (Lipinski definition) is 5. The Morgan fingerprint density at radius 2 is 1.86 bits per heavy atom. The van der Waals surface area contributed by atoms with E-state index in [0.717, 1.165) is 5.56 Å². The van der Waals surface area contributed by atoms with Crippen LogP contribution in [0.3, 0.4) is 0 Å². The van der Waals surface area contributed by atoms with Crippen molar-refractivity contribution in [2.75, 3.05) is 13.7 Å². The molecule has 0 fully saturated rings. The van der Waals surface area contributed by atoms with Crippen LogP contribution in [0.5, 0.6) is 0 Å². The minimum absolute atomic E-state index is 0.0885. The minimum atomic E-state index is -3.84. The van der Waals surface area contributed by atoms with E-state index in [9.17, 15) is 18.0 Å². The summed E-state index contributed by atoms with van der Waals surface area (Å²) in [7, 11) is -2.61. The van der Waals surface area contributed by atoms with Crippen LogP contribution in [0.15, 0.2) is 59.5 Å². The van der Waals surface area contributed by atoms with Crippen LogP contribution in [0.4, 0.5) is 0 Å². The topological polar surface area (TPSA) is 102 Å². The monoisotopic (exact) mass is 400 g/mol. The van der Waals surface area contributed by atoms with Crippen LogP contribution in [0.1, 0.15) is 15.9 Å². The van der Waals surface area contributed by atoms with Gasteiger partial charge in [0, 0.05) is 12.0 Å². The van der Waals surface area contributed by atoms with Gasteiger partial charge in [-0.2, -0.15) is 4.72 Å². The van der Waals surface area contributed by atoms with Gasteiger partial charge in [0.2, 0.25) is 10.0 Å². The van der Waals surface area contributed by atoms with Gasteiger partial charge in [-0.25, -0.2) is 13.2 Å². The Hall–Kier alpha value is -3.15. The summed E-state index contributed by atoms with van der Waals surface area (Å²) >= 11 is 0. The molecule has 0 aliphatic rings. The van der Waals surface area contributed by atoms with Crippen molar-refractivity contribution in [3.05, 3.63) is 65.7 Å². The van der Waals surface area contributed by atoms with E-state index in [1.807, 2.05) is 30.3 Å². The first-order valence-electron chi connectivity index (χ1n) is 8.33. The van der Waals surface area contributed by atoms with E-state index in [1.54, 1.807) is 0 Å². The van der Waals surface area contributed by atoms with Gasteiger partial charge in [0.05, 0.1) is 18.6 Å². The first-order valence-corrected chi connectivity index (χ1v) is 9.81. The Bertz CT molecular complexity index is 981. The molecule has 1 atom stereocenters. The Labute approximate surface area is 164 Å². The fourth-order valence-electron chi connectivity index (χ4n) is 2.45. The number of terminal acetylenes is 1. The zero-order valence-electron chi connectivity index (χ0n) is 15.2. The quantitative estimate of drug-likeness (QED) is 0.511. The highest BCUT2D eigenvalue weighted by atomic mass is 32.2. The smallest absolute Gasteiger partial charge is 0.328 e. The molecule has 1 amide bonds. The molecule has 0 radical (unpaired) electrons. The van der Waals surface area contributed by atoms with Crippen molar-refractivity contribution in [3.63, 3.8) is 0 Å². The number of benzene rings is 2. The van der Waals surface area contributed by atoms with Crippen LogP contribution < -0.4 is 10.0 Å². The number of rotatable bonds is 8. The molecule has 0 unspecified atom stereocenters. The van der Waals surface area contributed by atoms with E-state index in [4.69, 9.17) is 11.2 Å². The fourth-order valence-corrected chi connectivity index (χ4v) is 3.43. The molecule has 0 spiro atoms. The maximum absolute atomic E-state index is 12.6. The van der Waals surface area contributed by atoms with Crippen LogP contribution in [0.2, 0.25) is 0 Å². The number of nitrogens with one attached hydrogen (secondary N) is 2. The van der Waals surface area contributed by atoms with Gasteiger partial charge in [-0.05, 0) is 23.8 Å². The van der Waals surface area contributed by atoms with E-state index in [0.29, 0.717) is 0 Å². The van der Waals surface area contributed by atoms with Crippen molar-refractivity contribution >= 4 is 21.9 Å². The molecule has 2 aromatic carbocycles. The molecule has 2 N–H and O–H groups in total. The van der Waals surface area contributed by atoms with E-state index in [2.05, 4.69) is 16.0 Å². The lowest BCUT2D eigenvalue weighted by Gasteiger charge is -2.17. The molecule has 2 aromatic rings. The lowest BCUT2D eigenvalue weighted by atomic mass is 10.1. The number of hydrogen-bond donors (Lipinski definition) is 2. The standard InChI is InChI=1S/C20H20N2O5S/c1-3-12-21-28(25,26)17-11-7-10-16(14-17)19(23)22-18(20(24)27-2)13-15-8-5-4-6-9-15/h1,4-11,14,18,21H,12-13H2,2H3,(H,22,23)/t18-/m1/s1. The lowest BCUT2D eigenvalue weighted by molar-refractivity contribution is -0.142. The summed E-state index contributed by atoms with van der Waals surface area (Å²) < 4.78 is 31.3. The summed E-state index contributed by atoms with van der Waals surface area (Å²) in [6.45, 7) is -0.166. The van der Waals surface area contributed by atoms with Crippen molar-refractivity contribution in [3.8, 4) is 12.3 Å². The number of ether oxygens (including phenoxy) is 1. The second-order valence-corrected chi connectivity index (χ2v) is 7.56. The summed E-state index contributed by atoms with van der Waals surface area (Å²) in [5, 5.41) is 2.59. The second kappa shape index (κ2) is 9.69. The third kappa shape index (κ3) is 5.67. The number of methoxy groups -OCH3 is 1. The highest BCUT2D eigenvalue weighted by Gasteiger charge is 2.23. The molecule has 0 aliphatic carbocycles. The highest BCUT2D eigenvalue weighted by Crippen LogP contribution is 2.12. The average Bonchev–Trinajstić information content (AvgIpc) is 2.72. The van der Waals surface area contributed by atoms with E-state index in [1.165, 1.54) is 31.4 Å². The van der Waals surface area contributed by atoms with Gasteiger partial charge in [0.25, 0.3) is 5.91 Å². The SMILES string of the molecule is C#CCNS(=O)(=O)c1cccc(C(=O)N[C@H](Cc2ccccc2)C(=O)OC)c1. The van der Waals surface area contributed by atoms with Crippen molar-refractivity contribution in [2.45, 2.75) is 17.4 Å². The summed E-state index contributed by atoms with van der Waals surface area (Å²) in [6.07, 6.45) is 5.30. The predicted octanol–water partition coefficient (Wildman–Crippen LogP) is 1.11. The first-order chi connectivity index (χ1) is 13.4. The Morgan fingerprint density at radius 3 is 2.50 bits per heavy atom. The third-order valence-corrected chi connectivity index (χ3v) is 5.24. The summed E-state index contributed by atoms with van der Waals surface area (Å²) in [4.78, 5) is 24.6. The largest absolute Gasteiger partial charge is 0.467 e. The second-order valence-electron chi connectivity index (χ2n) is 5.80. The highest BCUT2D eigenvalue weighted by molar-refractivity contribution is 7.89. The number of amides is 1. The van der Waals surface area contributed by atoms with Crippen LogP contribution >= 0.6 is 0 Å². The molecule has 146 valence electrons. The Kier molecular flexibility index (Phi) is 7.32. The van der Waals surface area contributed by atoms with Crippen LogP contribution in [-0.4, -0.2) is 40.0 Å². The zero-order valence-corrected chi connectivity index (χ0v) is 16.0. The number of sulfonamides is 1. The molecule has 0 aromatic heterocycles. The molecule has 0 bridgehead atoms. The average molecular weight is 400 g/mol. The molecule has 8 heteroatoms. The van der Waals surface area contributed by atoms with Crippen molar-refractivity contribution in [1.82, 2.24) is 10.0 Å². The van der Waals surface area contributed by atoms with Gasteiger partial charge in [-0.1, -0.05) is 42.3 Å². The van der Waals surface area contributed by atoms with Gasteiger partial charge >= 0.3 is 5.97 Å². The van der Waals surface area contributed by atoms with Gasteiger partial charge in [0.15, 0.2) is 0 Å². The molecular weight excluding hydrogens is 380 g/mol. The fraction of sp³-hybridized carbons (Fsp3) is 0.200. The summed E-state index contributed by atoms with van der Waals surface area (Å²) in [6, 6.07) is 13.7. The van der Waals surface area contributed by atoms with Crippen LogP contribution in [-0.2, 0) is 26.0 Å².